The third kappa shape index (κ3) is 4.27. The third-order valence-corrected chi connectivity index (χ3v) is 5.19. The lowest BCUT2D eigenvalue weighted by Crippen LogP contribution is -2.23. The van der Waals surface area contributed by atoms with E-state index in [2.05, 4.69) is 56.8 Å². The van der Waals surface area contributed by atoms with Gasteiger partial charge in [-0.25, -0.2) is 4.98 Å². The maximum absolute atomic E-state index is 4.60. The molecular formula is C23H26N4. The number of nitrogens with one attached hydrogen (secondary N) is 1. The number of hydrogen-bond donors (Lipinski definition) is 1. The highest BCUT2D eigenvalue weighted by Crippen LogP contribution is 2.20. The van der Waals surface area contributed by atoms with E-state index in [1.165, 1.54) is 44.5 Å². The van der Waals surface area contributed by atoms with Crippen molar-refractivity contribution in [1.29, 1.82) is 0 Å². The SMILES string of the molecule is CC(=NNc1ccc2ccccc2n1)c1ccc(N2CCCCCC2)cc1. The first-order valence-electron chi connectivity index (χ1n) is 9.81. The van der Waals surface area contributed by atoms with Gasteiger partial charge < -0.3 is 4.90 Å². The average Bonchev–Trinajstić information content (AvgIpc) is 3.01. The van der Waals surface area contributed by atoms with Crippen molar-refractivity contribution in [2.75, 3.05) is 23.4 Å². The van der Waals surface area contributed by atoms with E-state index in [-0.39, 0.29) is 0 Å². The molecule has 2 heterocycles. The molecule has 0 unspecified atom stereocenters. The van der Waals surface area contributed by atoms with Crippen molar-refractivity contribution < 1.29 is 0 Å². The van der Waals surface area contributed by atoms with Crippen molar-refractivity contribution in [3.63, 3.8) is 0 Å². The molecule has 1 aliphatic rings. The zero-order chi connectivity index (χ0) is 18.5. The van der Waals surface area contributed by atoms with Crippen molar-refractivity contribution >= 4 is 28.1 Å². The Morgan fingerprint density at radius 3 is 2.41 bits per heavy atom. The molecule has 4 nitrogen and oxygen atoms in total. The number of rotatable bonds is 4. The van der Waals surface area contributed by atoms with Gasteiger partial charge in [0, 0.05) is 24.2 Å². The number of benzene rings is 2. The van der Waals surface area contributed by atoms with E-state index in [1.807, 2.05) is 31.2 Å². The Morgan fingerprint density at radius 1 is 0.889 bits per heavy atom. The number of hydrazone groups is 1. The summed E-state index contributed by atoms with van der Waals surface area (Å²) in [4.78, 5) is 7.10. The Balaban J connectivity index is 1.45. The highest BCUT2D eigenvalue weighted by Gasteiger charge is 2.10. The van der Waals surface area contributed by atoms with E-state index in [4.69, 9.17) is 0 Å². The van der Waals surface area contributed by atoms with Crippen LogP contribution < -0.4 is 10.3 Å². The fraction of sp³-hybridized carbons (Fsp3) is 0.304. The Labute approximate surface area is 160 Å². The third-order valence-electron chi connectivity index (χ3n) is 5.19. The molecular weight excluding hydrogens is 332 g/mol. The molecule has 1 saturated heterocycles. The van der Waals surface area contributed by atoms with Gasteiger partial charge in [-0.05, 0) is 55.7 Å². The second-order valence-electron chi connectivity index (χ2n) is 7.15. The van der Waals surface area contributed by atoms with Crippen LogP contribution in [-0.4, -0.2) is 23.8 Å². The van der Waals surface area contributed by atoms with E-state index in [0.717, 1.165) is 28.0 Å². The molecule has 0 radical (unpaired) electrons. The number of pyridine rings is 1. The second-order valence-corrected chi connectivity index (χ2v) is 7.15. The number of hydrogen-bond acceptors (Lipinski definition) is 4. The van der Waals surface area contributed by atoms with Crippen LogP contribution in [0.1, 0.15) is 38.2 Å². The minimum atomic E-state index is 0.759. The highest BCUT2D eigenvalue weighted by atomic mass is 15.3. The van der Waals surface area contributed by atoms with Crippen LogP contribution in [0.4, 0.5) is 11.5 Å². The van der Waals surface area contributed by atoms with Gasteiger partial charge in [0.25, 0.3) is 0 Å². The van der Waals surface area contributed by atoms with Crippen LogP contribution in [0.25, 0.3) is 10.9 Å². The molecule has 3 aromatic rings. The van der Waals surface area contributed by atoms with Gasteiger partial charge in [-0.3, -0.25) is 5.43 Å². The lowest BCUT2D eigenvalue weighted by molar-refractivity contribution is 0.726. The van der Waals surface area contributed by atoms with Gasteiger partial charge in [0.1, 0.15) is 5.82 Å². The number of nitrogens with zero attached hydrogens (tertiary/aromatic N) is 3. The van der Waals surface area contributed by atoms with Gasteiger partial charge in [-0.1, -0.05) is 43.2 Å². The molecule has 2 aromatic carbocycles. The molecule has 4 rings (SSSR count). The Morgan fingerprint density at radius 2 is 1.63 bits per heavy atom. The molecule has 1 N–H and O–H groups in total. The molecule has 0 atom stereocenters. The van der Waals surface area contributed by atoms with Gasteiger partial charge in [0.05, 0.1) is 11.2 Å². The molecule has 0 aliphatic carbocycles. The number of aromatic nitrogens is 1. The average molecular weight is 358 g/mol. The van der Waals surface area contributed by atoms with Crippen LogP contribution in [0.3, 0.4) is 0 Å². The summed E-state index contributed by atoms with van der Waals surface area (Å²) in [6, 6.07) is 20.9. The van der Waals surface area contributed by atoms with E-state index in [1.54, 1.807) is 0 Å². The van der Waals surface area contributed by atoms with E-state index >= 15 is 0 Å². The Bertz CT molecular complexity index is 923. The zero-order valence-corrected chi connectivity index (χ0v) is 15.9. The van der Waals surface area contributed by atoms with Crippen LogP contribution in [0, 0.1) is 0 Å². The smallest absolute Gasteiger partial charge is 0.146 e. The van der Waals surface area contributed by atoms with Crippen LogP contribution in [-0.2, 0) is 0 Å². The molecule has 4 heteroatoms. The van der Waals surface area contributed by atoms with Crippen molar-refractivity contribution in [3.05, 3.63) is 66.2 Å². The number of fused-ring (bicyclic) bond motifs is 1. The molecule has 27 heavy (non-hydrogen) atoms. The lowest BCUT2D eigenvalue weighted by Gasteiger charge is -2.22. The first-order valence-corrected chi connectivity index (χ1v) is 9.81. The molecule has 1 aliphatic heterocycles. The zero-order valence-electron chi connectivity index (χ0n) is 15.9. The van der Waals surface area contributed by atoms with E-state index in [0.29, 0.717) is 0 Å². The Hall–Kier alpha value is -2.88. The molecule has 138 valence electrons. The normalized spacial score (nSPS) is 15.6. The highest BCUT2D eigenvalue weighted by molar-refractivity contribution is 5.99. The fourth-order valence-corrected chi connectivity index (χ4v) is 3.58. The number of anilines is 2. The van der Waals surface area contributed by atoms with Crippen molar-refractivity contribution in [1.82, 2.24) is 4.98 Å². The first-order chi connectivity index (χ1) is 13.3. The van der Waals surface area contributed by atoms with Crippen molar-refractivity contribution in [2.24, 2.45) is 5.10 Å². The quantitative estimate of drug-likeness (QED) is 0.498. The monoisotopic (exact) mass is 358 g/mol. The van der Waals surface area contributed by atoms with Crippen LogP contribution in [0.15, 0.2) is 65.8 Å². The minimum absolute atomic E-state index is 0.759. The predicted octanol–water partition coefficient (Wildman–Crippen LogP) is 5.45. The van der Waals surface area contributed by atoms with Crippen molar-refractivity contribution in [3.8, 4) is 0 Å². The first kappa shape index (κ1) is 17.5. The fourth-order valence-electron chi connectivity index (χ4n) is 3.58. The molecule has 0 bridgehead atoms. The van der Waals surface area contributed by atoms with Crippen LogP contribution in [0.5, 0.6) is 0 Å². The van der Waals surface area contributed by atoms with Crippen LogP contribution in [0.2, 0.25) is 0 Å². The standard InChI is InChI=1S/C23H26N4/c1-18(25-26-23-15-12-20-8-4-5-9-22(20)24-23)19-10-13-21(14-11-19)27-16-6-2-3-7-17-27/h4-5,8-15H,2-3,6-7,16-17H2,1H3,(H,24,26). The molecule has 1 aromatic heterocycles. The van der Waals surface area contributed by atoms with Gasteiger partial charge in [0.15, 0.2) is 0 Å². The summed E-state index contributed by atoms with van der Waals surface area (Å²) in [6.45, 7) is 4.36. The number of para-hydroxylation sites is 1. The van der Waals surface area contributed by atoms with Crippen molar-refractivity contribution in [2.45, 2.75) is 32.6 Å². The van der Waals surface area contributed by atoms with Gasteiger partial charge in [0.2, 0.25) is 0 Å². The van der Waals surface area contributed by atoms with Crippen LogP contribution >= 0.6 is 0 Å². The second kappa shape index (κ2) is 8.21. The summed E-state index contributed by atoms with van der Waals surface area (Å²) in [5.41, 5.74) is 7.45. The largest absolute Gasteiger partial charge is 0.372 e. The topological polar surface area (TPSA) is 40.5 Å². The van der Waals surface area contributed by atoms with Gasteiger partial charge >= 0.3 is 0 Å². The summed E-state index contributed by atoms with van der Waals surface area (Å²) >= 11 is 0. The summed E-state index contributed by atoms with van der Waals surface area (Å²) in [5.74, 6) is 0.759. The summed E-state index contributed by atoms with van der Waals surface area (Å²) < 4.78 is 0. The van der Waals surface area contributed by atoms with E-state index < -0.39 is 0 Å². The maximum atomic E-state index is 4.60. The van der Waals surface area contributed by atoms with Gasteiger partial charge in [-0.2, -0.15) is 5.10 Å². The predicted molar refractivity (Wildman–Crippen MR) is 115 cm³/mol. The summed E-state index contributed by atoms with van der Waals surface area (Å²) in [6.07, 6.45) is 5.31. The van der Waals surface area contributed by atoms with Gasteiger partial charge in [-0.15, -0.1) is 0 Å². The molecule has 0 saturated carbocycles. The Kier molecular flexibility index (Phi) is 5.33. The summed E-state index contributed by atoms with van der Waals surface area (Å²) in [7, 11) is 0. The van der Waals surface area contributed by atoms with E-state index in [9.17, 15) is 0 Å². The minimum Gasteiger partial charge on any atom is -0.372 e. The molecule has 1 fully saturated rings. The lowest BCUT2D eigenvalue weighted by atomic mass is 10.1. The molecule has 0 spiro atoms. The maximum Gasteiger partial charge on any atom is 0.146 e. The molecule has 0 amide bonds. The summed E-state index contributed by atoms with van der Waals surface area (Å²) in [5, 5.41) is 5.65.